The number of rotatable bonds is 15. The molecule has 0 atom stereocenters. The third-order valence-electron chi connectivity index (χ3n) is 3.72. The Morgan fingerprint density at radius 2 is 1.41 bits per heavy atom. The Kier molecular flexibility index (Phi) is 18.3. The Labute approximate surface area is 165 Å². The summed E-state index contributed by atoms with van der Waals surface area (Å²) in [6.45, 7) is 4.37. The summed E-state index contributed by atoms with van der Waals surface area (Å²) in [5.74, 6) is -0.229. The van der Waals surface area contributed by atoms with Crippen LogP contribution in [0.5, 0.6) is 0 Å². The minimum atomic E-state index is -0.375. The van der Waals surface area contributed by atoms with Crippen molar-refractivity contribution in [3.63, 3.8) is 0 Å². The summed E-state index contributed by atoms with van der Waals surface area (Å²) in [6.07, 6.45) is 29.7. The van der Waals surface area contributed by atoms with Crippen LogP contribution >= 0.6 is 0 Å². The van der Waals surface area contributed by atoms with Gasteiger partial charge in [0.2, 0.25) is 0 Å². The van der Waals surface area contributed by atoms with E-state index in [0.29, 0.717) is 6.61 Å². The highest BCUT2D eigenvalue weighted by atomic mass is 16.5. The maximum Gasteiger partial charge on any atom is 0.330 e. The maximum absolute atomic E-state index is 11.1. The van der Waals surface area contributed by atoms with Crippen molar-refractivity contribution < 1.29 is 14.6 Å². The van der Waals surface area contributed by atoms with Gasteiger partial charge in [-0.2, -0.15) is 0 Å². The topological polar surface area (TPSA) is 46.5 Å². The number of esters is 1. The van der Waals surface area contributed by atoms with Gasteiger partial charge in [-0.15, -0.1) is 0 Å². The van der Waals surface area contributed by atoms with Crippen LogP contribution in [0.15, 0.2) is 72.6 Å². The summed E-state index contributed by atoms with van der Waals surface area (Å²) in [7, 11) is 0. The second-order valence-electron chi connectivity index (χ2n) is 6.17. The van der Waals surface area contributed by atoms with E-state index in [1.165, 1.54) is 51.0 Å². The Hall–Kier alpha value is -2.29. The second kappa shape index (κ2) is 20.0. The summed E-state index contributed by atoms with van der Waals surface area (Å²) in [6, 6.07) is 0. The molecule has 0 aromatic heterocycles. The fraction of sp³-hybridized carbons (Fsp3) is 0.458. The molecule has 3 nitrogen and oxygen atoms in total. The Morgan fingerprint density at radius 1 is 0.778 bits per heavy atom. The molecule has 0 bridgehead atoms. The van der Waals surface area contributed by atoms with Crippen LogP contribution in [0.2, 0.25) is 0 Å². The summed E-state index contributed by atoms with van der Waals surface area (Å²) in [5.41, 5.74) is 0. The quantitative estimate of drug-likeness (QED) is 0.112. The molecule has 0 aliphatic heterocycles. The highest BCUT2D eigenvalue weighted by Gasteiger charge is 1.90. The first-order valence-electron chi connectivity index (χ1n) is 10.1. The zero-order chi connectivity index (χ0) is 20.0. The van der Waals surface area contributed by atoms with E-state index in [9.17, 15) is 9.90 Å². The van der Waals surface area contributed by atoms with Crippen molar-refractivity contribution in [2.75, 3.05) is 6.61 Å². The number of allylic oxidation sites excluding steroid dienone is 10. The van der Waals surface area contributed by atoms with E-state index in [1.807, 2.05) is 18.2 Å². The molecule has 0 radical (unpaired) electrons. The Bertz CT molecular complexity index is 534. The number of unbranched alkanes of at least 4 members (excludes halogenated alkanes) is 7. The highest BCUT2D eigenvalue weighted by Crippen LogP contribution is 2.08. The highest BCUT2D eigenvalue weighted by molar-refractivity contribution is 5.82. The van der Waals surface area contributed by atoms with Gasteiger partial charge >= 0.3 is 5.97 Å². The van der Waals surface area contributed by atoms with E-state index < -0.39 is 0 Å². The molecule has 1 N–H and O–H groups in total. The van der Waals surface area contributed by atoms with Crippen molar-refractivity contribution in [1.82, 2.24) is 0 Å². The third-order valence-corrected chi connectivity index (χ3v) is 3.72. The van der Waals surface area contributed by atoms with Crippen LogP contribution < -0.4 is 0 Å². The van der Waals surface area contributed by atoms with Gasteiger partial charge in [-0.25, -0.2) is 4.79 Å². The lowest BCUT2D eigenvalue weighted by molar-refractivity contribution is -0.137. The summed E-state index contributed by atoms with van der Waals surface area (Å²) in [4.78, 5) is 11.1. The summed E-state index contributed by atoms with van der Waals surface area (Å²) in [5, 5.41) is 9.67. The fourth-order valence-electron chi connectivity index (χ4n) is 2.27. The van der Waals surface area contributed by atoms with Gasteiger partial charge < -0.3 is 9.84 Å². The van der Waals surface area contributed by atoms with Crippen molar-refractivity contribution >= 4 is 5.97 Å². The molecule has 0 heterocycles. The first-order valence-corrected chi connectivity index (χ1v) is 10.1. The average molecular weight is 373 g/mol. The van der Waals surface area contributed by atoms with Crippen LogP contribution in [0.4, 0.5) is 0 Å². The van der Waals surface area contributed by atoms with E-state index in [2.05, 4.69) is 13.0 Å². The minimum Gasteiger partial charge on any atom is -0.508 e. The second-order valence-corrected chi connectivity index (χ2v) is 6.17. The van der Waals surface area contributed by atoms with Gasteiger partial charge in [0.25, 0.3) is 0 Å². The molecule has 0 rings (SSSR count). The van der Waals surface area contributed by atoms with Crippen LogP contribution in [-0.4, -0.2) is 17.7 Å². The number of carbonyl (C=O) groups excluding carboxylic acids is 1. The Morgan fingerprint density at radius 3 is 2.15 bits per heavy atom. The predicted octanol–water partition coefficient (Wildman–Crippen LogP) is 6.91. The van der Waals surface area contributed by atoms with Gasteiger partial charge in [-0.05, 0) is 31.9 Å². The average Bonchev–Trinajstić information content (AvgIpc) is 2.65. The van der Waals surface area contributed by atoms with E-state index in [1.54, 1.807) is 43.4 Å². The van der Waals surface area contributed by atoms with E-state index in [0.717, 1.165) is 6.42 Å². The van der Waals surface area contributed by atoms with Crippen LogP contribution in [-0.2, 0) is 9.53 Å². The molecule has 27 heavy (non-hydrogen) atoms. The molecule has 0 aliphatic rings. The standard InChI is InChI=1S/C24H36O3/c1-3-5-6-7-8-9-10-11-12-13-14-15-17-20-23(25)21-18-16-19-22-24(26)27-4-2/h12-22,25H,3-11H2,1-2H3/b13-12+,15-14+,18-16+,20-17+,22-19+,23-21-. The molecule has 150 valence electrons. The normalized spacial score (nSPS) is 13.2. The van der Waals surface area contributed by atoms with Crippen LogP contribution in [0, 0.1) is 0 Å². The molecule has 0 aromatic rings. The zero-order valence-corrected chi connectivity index (χ0v) is 17.0. The van der Waals surface area contributed by atoms with Gasteiger partial charge in [0.1, 0.15) is 5.76 Å². The van der Waals surface area contributed by atoms with Crippen molar-refractivity contribution in [1.29, 1.82) is 0 Å². The largest absolute Gasteiger partial charge is 0.508 e. The summed E-state index contributed by atoms with van der Waals surface area (Å²) < 4.78 is 4.75. The number of hydrogen-bond acceptors (Lipinski definition) is 3. The van der Waals surface area contributed by atoms with Crippen molar-refractivity contribution in [2.24, 2.45) is 0 Å². The fourth-order valence-corrected chi connectivity index (χ4v) is 2.27. The number of hydrogen-bond donors (Lipinski definition) is 1. The molecule has 3 heteroatoms. The number of ether oxygens (including phenoxy) is 1. The van der Waals surface area contributed by atoms with E-state index in [4.69, 9.17) is 4.74 Å². The van der Waals surface area contributed by atoms with Crippen LogP contribution in [0.1, 0.15) is 65.2 Å². The van der Waals surface area contributed by atoms with Crippen LogP contribution in [0.25, 0.3) is 0 Å². The van der Waals surface area contributed by atoms with E-state index >= 15 is 0 Å². The van der Waals surface area contributed by atoms with Gasteiger partial charge in [0.15, 0.2) is 0 Å². The van der Waals surface area contributed by atoms with Gasteiger partial charge in [0, 0.05) is 6.08 Å². The monoisotopic (exact) mass is 372 g/mol. The SMILES string of the molecule is CCCCCCCCC/C=C/C=C/C=C/C(O)=C/C=C/C=C/C(=O)OCC. The predicted molar refractivity (Wildman–Crippen MR) is 116 cm³/mol. The minimum absolute atomic E-state index is 0.146. The molecule has 0 aromatic carbocycles. The first kappa shape index (κ1) is 24.7. The summed E-state index contributed by atoms with van der Waals surface area (Å²) >= 11 is 0. The van der Waals surface area contributed by atoms with Crippen LogP contribution in [0.3, 0.4) is 0 Å². The van der Waals surface area contributed by atoms with Crippen molar-refractivity contribution in [2.45, 2.75) is 65.2 Å². The molecule has 0 saturated heterocycles. The molecule has 0 fully saturated rings. The van der Waals surface area contributed by atoms with E-state index in [-0.39, 0.29) is 11.7 Å². The lowest BCUT2D eigenvalue weighted by Crippen LogP contribution is -1.98. The maximum atomic E-state index is 11.1. The Balaban J connectivity index is 3.84. The first-order chi connectivity index (χ1) is 13.2. The molecule has 0 unspecified atom stereocenters. The molecule has 0 aliphatic carbocycles. The number of carbonyl (C=O) groups is 1. The van der Waals surface area contributed by atoms with Gasteiger partial charge in [-0.1, -0.05) is 94.1 Å². The number of aliphatic hydroxyl groups excluding tert-OH is 1. The van der Waals surface area contributed by atoms with Gasteiger partial charge in [0.05, 0.1) is 6.61 Å². The molecular formula is C24H36O3. The van der Waals surface area contributed by atoms with Gasteiger partial charge in [-0.3, -0.25) is 0 Å². The molecular weight excluding hydrogens is 336 g/mol. The molecule has 0 spiro atoms. The number of aliphatic hydroxyl groups is 1. The van der Waals surface area contributed by atoms with Crippen molar-refractivity contribution in [3.05, 3.63) is 72.6 Å². The third kappa shape index (κ3) is 19.9. The molecule has 0 amide bonds. The zero-order valence-electron chi connectivity index (χ0n) is 17.0. The lowest BCUT2D eigenvalue weighted by atomic mass is 10.1. The molecule has 0 saturated carbocycles. The lowest BCUT2D eigenvalue weighted by Gasteiger charge is -1.98. The van der Waals surface area contributed by atoms with Crippen molar-refractivity contribution in [3.8, 4) is 0 Å². The smallest absolute Gasteiger partial charge is 0.330 e.